The van der Waals surface area contributed by atoms with Gasteiger partial charge in [-0.15, -0.1) is 0 Å². The van der Waals surface area contributed by atoms with Crippen molar-refractivity contribution >= 4 is 11.8 Å². The third kappa shape index (κ3) is 4.14. The van der Waals surface area contributed by atoms with Crippen LogP contribution < -0.4 is 4.84 Å². The van der Waals surface area contributed by atoms with E-state index in [9.17, 15) is 4.39 Å². The number of likely N-dealkylation sites (tertiary alicyclic amines) is 1. The third-order valence-corrected chi connectivity index (χ3v) is 3.78. The van der Waals surface area contributed by atoms with Gasteiger partial charge in [-0.2, -0.15) is 0 Å². The van der Waals surface area contributed by atoms with Crippen molar-refractivity contribution in [3.8, 4) is 0 Å². The highest BCUT2D eigenvalue weighted by Gasteiger charge is 2.18. The zero-order valence-electron chi connectivity index (χ0n) is 11.2. The summed E-state index contributed by atoms with van der Waals surface area (Å²) in [6, 6.07) is 5.24. The quantitative estimate of drug-likeness (QED) is 0.842. The van der Waals surface area contributed by atoms with E-state index in [1.807, 2.05) is 12.1 Å². The number of hydrogen-bond donors (Lipinski definition) is 1. The van der Waals surface area contributed by atoms with Gasteiger partial charge in [0, 0.05) is 38.9 Å². The van der Waals surface area contributed by atoms with E-state index in [0.717, 1.165) is 38.0 Å². The van der Waals surface area contributed by atoms with Crippen LogP contribution >= 0.6 is 11.8 Å². The minimum Gasteiger partial charge on any atom is -0.381 e. The zero-order valence-corrected chi connectivity index (χ0v) is 11.9. The fourth-order valence-electron chi connectivity index (χ4n) is 2.50. The number of hydrogen-bond acceptors (Lipinski definition) is 3. The Kier molecular flexibility index (Phi) is 5.58. The second kappa shape index (κ2) is 7.20. The lowest BCUT2D eigenvalue weighted by molar-refractivity contribution is 0.0388. The van der Waals surface area contributed by atoms with Crippen molar-refractivity contribution in [2.45, 2.75) is 32.0 Å². The second-order valence-corrected chi connectivity index (χ2v) is 5.21. The van der Waals surface area contributed by atoms with Gasteiger partial charge >= 0.3 is 0 Å². The van der Waals surface area contributed by atoms with Gasteiger partial charge in [-0.25, -0.2) is 9.23 Å². The Morgan fingerprint density at radius 3 is 2.79 bits per heavy atom. The van der Waals surface area contributed by atoms with Crippen LogP contribution in [-0.4, -0.2) is 31.2 Å². The van der Waals surface area contributed by atoms with Crippen molar-refractivity contribution < 1.29 is 9.13 Å². The number of benzene rings is 1. The molecule has 2 rings (SSSR count). The molecule has 0 atom stereocenters. The zero-order chi connectivity index (χ0) is 13.7. The fourth-order valence-corrected chi connectivity index (χ4v) is 2.64. The van der Waals surface area contributed by atoms with Gasteiger partial charge in [0.2, 0.25) is 0 Å². The molecule has 0 unspecified atom stereocenters. The highest BCUT2D eigenvalue weighted by Crippen LogP contribution is 2.17. The highest BCUT2D eigenvalue weighted by atomic mass is 35.5. The lowest BCUT2D eigenvalue weighted by Crippen LogP contribution is -2.36. The second-order valence-electron chi connectivity index (χ2n) is 4.95. The van der Waals surface area contributed by atoms with Crippen LogP contribution in [0.4, 0.5) is 4.39 Å². The van der Waals surface area contributed by atoms with E-state index in [4.69, 9.17) is 16.5 Å². The summed E-state index contributed by atoms with van der Waals surface area (Å²) in [5.41, 5.74) is 1.73. The van der Waals surface area contributed by atoms with Gasteiger partial charge in [0.25, 0.3) is 0 Å². The summed E-state index contributed by atoms with van der Waals surface area (Å²) in [6.07, 6.45) is 2.52. The predicted octanol–water partition coefficient (Wildman–Crippen LogP) is 2.68. The molecule has 1 N–H and O–H groups in total. The molecule has 1 aliphatic heterocycles. The number of nitrogens with one attached hydrogen (secondary N) is 1. The first kappa shape index (κ1) is 14.7. The molecule has 0 amide bonds. The van der Waals surface area contributed by atoms with Crippen molar-refractivity contribution in [1.82, 2.24) is 9.74 Å². The summed E-state index contributed by atoms with van der Waals surface area (Å²) >= 11 is 5.44. The molecule has 5 heteroatoms. The molecule has 0 spiro atoms. The van der Waals surface area contributed by atoms with Gasteiger partial charge in [-0.05, 0) is 36.2 Å². The van der Waals surface area contributed by atoms with E-state index in [1.54, 1.807) is 7.11 Å². The molecule has 0 radical (unpaired) electrons. The van der Waals surface area contributed by atoms with Gasteiger partial charge < -0.3 is 4.74 Å². The molecule has 1 aromatic rings. The number of ether oxygens (including phenoxy) is 1. The van der Waals surface area contributed by atoms with Crippen molar-refractivity contribution in [2.75, 3.05) is 20.2 Å². The van der Waals surface area contributed by atoms with Gasteiger partial charge in [0.1, 0.15) is 5.82 Å². The van der Waals surface area contributed by atoms with Crippen LogP contribution in [-0.2, 0) is 17.8 Å². The number of nitrogens with zero attached hydrogens (tertiary/aromatic N) is 1. The number of halogens is 2. The Morgan fingerprint density at radius 2 is 2.16 bits per heavy atom. The van der Waals surface area contributed by atoms with Gasteiger partial charge in [0.05, 0.1) is 6.10 Å². The molecule has 106 valence electrons. The molecule has 1 saturated heterocycles. The largest absolute Gasteiger partial charge is 0.381 e. The van der Waals surface area contributed by atoms with Crippen LogP contribution in [0.2, 0.25) is 0 Å². The lowest BCUT2D eigenvalue weighted by Gasteiger charge is -2.31. The standard InChI is InChI=1S/C14H20ClFN2O/c1-19-13-4-6-18(7-5-13)10-11-2-3-14(16)12(8-11)9-17-15/h2-3,8,13,17H,4-7,9-10H2,1H3. The smallest absolute Gasteiger partial charge is 0.127 e. The van der Waals surface area contributed by atoms with Crippen LogP contribution in [0.15, 0.2) is 18.2 Å². The predicted molar refractivity (Wildman–Crippen MR) is 74.4 cm³/mol. The number of methoxy groups -OCH3 is 1. The van der Waals surface area contributed by atoms with E-state index >= 15 is 0 Å². The van der Waals surface area contributed by atoms with Crippen LogP contribution in [0.5, 0.6) is 0 Å². The molecule has 0 bridgehead atoms. The average molecular weight is 287 g/mol. The molecule has 0 saturated carbocycles. The molecule has 1 aromatic carbocycles. The SMILES string of the molecule is COC1CCN(Cc2ccc(F)c(CNCl)c2)CC1. The number of piperidine rings is 1. The maximum Gasteiger partial charge on any atom is 0.127 e. The summed E-state index contributed by atoms with van der Waals surface area (Å²) in [4.78, 5) is 4.85. The molecule has 0 aromatic heterocycles. The molecule has 1 heterocycles. The molecule has 19 heavy (non-hydrogen) atoms. The summed E-state index contributed by atoms with van der Waals surface area (Å²) < 4.78 is 18.9. The summed E-state index contributed by atoms with van der Waals surface area (Å²) in [7, 11) is 1.77. The van der Waals surface area contributed by atoms with Gasteiger partial charge in [0.15, 0.2) is 0 Å². The first-order valence-corrected chi connectivity index (χ1v) is 6.96. The Balaban J connectivity index is 1.94. The molecular formula is C14H20ClFN2O. The molecule has 3 nitrogen and oxygen atoms in total. The van der Waals surface area contributed by atoms with Gasteiger partial charge in [-0.1, -0.05) is 12.1 Å². The molecule has 1 aliphatic rings. The fraction of sp³-hybridized carbons (Fsp3) is 0.571. The van der Waals surface area contributed by atoms with Crippen LogP contribution in [0.1, 0.15) is 24.0 Å². The van der Waals surface area contributed by atoms with E-state index < -0.39 is 0 Å². The van der Waals surface area contributed by atoms with E-state index in [2.05, 4.69) is 9.74 Å². The molecular weight excluding hydrogens is 267 g/mol. The minimum absolute atomic E-state index is 0.213. The summed E-state index contributed by atoms with van der Waals surface area (Å²) in [5.74, 6) is -0.213. The van der Waals surface area contributed by atoms with Crippen molar-refractivity contribution in [3.63, 3.8) is 0 Å². The third-order valence-electron chi connectivity index (χ3n) is 3.64. The Morgan fingerprint density at radius 1 is 1.42 bits per heavy atom. The summed E-state index contributed by atoms with van der Waals surface area (Å²) in [6.45, 7) is 3.25. The van der Waals surface area contributed by atoms with Crippen molar-refractivity contribution in [3.05, 3.63) is 35.1 Å². The highest BCUT2D eigenvalue weighted by molar-refractivity contribution is 6.13. The van der Waals surface area contributed by atoms with Gasteiger partial charge in [-0.3, -0.25) is 4.90 Å². The average Bonchev–Trinajstić information content (AvgIpc) is 2.44. The number of rotatable bonds is 5. The minimum atomic E-state index is -0.213. The lowest BCUT2D eigenvalue weighted by atomic mass is 10.1. The Bertz CT molecular complexity index is 408. The van der Waals surface area contributed by atoms with Crippen LogP contribution in [0.25, 0.3) is 0 Å². The first-order chi connectivity index (χ1) is 9.22. The van der Waals surface area contributed by atoms with Crippen molar-refractivity contribution in [1.29, 1.82) is 0 Å². The normalized spacial score (nSPS) is 17.8. The van der Waals surface area contributed by atoms with Crippen LogP contribution in [0.3, 0.4) is 0 Å². The molecule has 0 aliphatic carbocycles. The maximum absolute atomic E-state index is 13.5. The Labute approximate surface area is 118 Å². The van der Waals surface area contributed by atoms with E-state index in [1.165, 1.54) is 6.07 Å². The van der Waals surface area contributed by atoms with E-state index in [-0.39, 0.29) is 5.82 Å². The van der Waals surface area contributed by atoms with Crippen LogP contribution in [0, 0.1) is 5.82 Å². The van der Waals surface area contributed by atoms with E-state index in [0.29, 0.717) is 18.2 Å². The Hall–Kier alpha value is -0.680. The maximum atomic E-state index is 13.5. The van der Waals surface area contributed by atoms with Crippen molar-refractivity contribution in [2.24, 2.45) is 0 Å². The summed E-state index contributed by atoms with van der Waals surface area (Å²) in [5, 5.41) is 0. The first-order valence-electron chi connectivity index (χ1n) is 6.59. The molecule has 1 fully saturated rings. The topological polar surface area (TPSA) is 24.5 Å². The monoisotopic (exact) mass is 286 g/mol.